The molecule has 0 saturated carbocycles. The maximum Gasteiger partial charge on any atom is 0.252 e. The Balaban J connectivity index is 0.981. The number of hydrogen-bond donors (Lipinski definition) is 0. The molecule has 0 aliphatic carbocycles. The molecule has 78 heavy (non-hydrogen) atoms. The molecule has 2 aliphatic rings. The van der Waals surface area contributed by atoms with Crippen molar-refractivity contribution in [1.29, 1.82) is 0 Å². The highest BCUT2D eigenvalue weighted by Crippen LogP contribution is 2.51. The van der Waals surface area contributed by atoms with Gasteiger partial charge in [0.1, 0.15) is 16.7 Å². The van der Waals surface area contributed by atoms with Gasteiger partial charge in [-0.1, -0.05) is 175 Å². The van der Waals surface area contributed by atoms with Crippen molar-refractivity contribution in [2.24, 2.45) is 0 Å². The largest absolute Gasteiger partial charge is 0.456 e. The number of furan rings is 2. The van der Waals surface area contributed by atoms with Gasteiger partial charge in [0.2, 0.25) is 0 Å². The van der Waals surface area contributed by atoms with E-state index in [-0.39, 0.29) is 17.5 Å². The maximum atomic E-state index is 7.07. The molecule has 0 bridgehead atoms. The van der Waals surface area contributed by atoms with E-state index >= 15 is 0 Å². The van der Waals surface area contributed by atoms with Crippen molar-refractivity contribution in [2.75, 3.05) is 14.7 Å². The van der Waals surface area contributed by atoms with Crippen LogP contribution >= 0.6 is 0 Å². The molecule has 2 aliphatic heterocycles. The summed E-state index contributed by atoms with van der Waals surface area (Å²) in [5, 5.41) is 11.9. The zero-order chi connectivity index (χ0) is 52.3. The Morgan fingerprint density at radius 3 is 1.63 bits per heavy atom. The molecule has 372 valence electrons. The van der Waals surface area contributed by atoms with Crippen LogP contribution in [0.15, 0.2) is 227 Å². The van der Waals surface area contributed by atoms with Crippen molar-refractivity contribution in [2.45, 2.75) is 52.4 Å². The zero-order valence-electron chi connectivity index (χ0n) is 44.5. The third-order valence-electron chi connectivity index (χ3n) is 17.1. The first-order chi connectivity index (χ1) is 37.9. The van der Waals surface area contributed by atoms with Crippen LogP contribution in [0.2, 0.25) is 0 Å². The fourth-order valence-electron chi connectivity index (χ4n) is 13.3. The first kappa shape index (κ1) is 45.0. The van der Waals surface area contributed by atoms with Crippen LogP contribution in [0, 0.1) is 0 Å². The predicted molar refractivity (Wildman–Crippen MR) is 331 cm³/mol. The monoisotopic (exact) mass is 1000 g/mol. The van der Waals surface area contributed by atoms with Gasteiger partial charge in [0.05, 0.1) is 11.4 Å². The Morgan fingerprint density at radius 1 is 0.385 bits per heavy atom. The molecule has 16 rings (SSSR count). The van der Waals surface area contributed by atoms with Gasteiger partial charge in [-0.25, -0.2) is 0 Å². The third-order valence-corrected chi connectivity index (χ3v) is 17.1. The molecule has 0 spiro atoms. The van der Waals surface area contributed by atoms with Crippen molar-refractivity contribution in [1.82, 2.24) is 0 Å². The number of rotatable bonds is 5. The molecule has 0 radical (unpaired) electrons. The number of para-hydroxylation sites is 2. The van der Waals surface area contributed by atoms with Gasteiger partial charge in [0.25, 0.3) is 6.71 Å². The lowest BCUT2D eigenvalue weighted by Gasteiger charge is -2.44. The predicted octanol–water partition coefficient (Wildman–Crippen LogP) is 18.5. The fraction of sp³-hybridized carbons (Fsp3) is 0.111. The van der Waals surface area contributed by atoms with Gasteiger partial charge in [-0.2, -0.15) is 0 Å². The Labute approximate surface area is 453 Å². The minimum Gasteiger partial charge on any atom is -0.456 e. The average molecular weight is 1000 g/mol. The van der Waals surface area contributed by atoms with Gasteiger partial charge in [-0.15, -0.1) is 0 Å². The Morgan fingerprint density at radius 2 is 0.923 bits per heavy atom. The second-order valence-electron chi connectivity index (χ2n) is 23.7. The Hall–Kier alpha value is -9.26. The van der Waals surface area contributed by atoms with Gasteiger partial charge < -0.3 is 23.5 Å². The van der Waals surface area contributed by atoms with Crippen molar-refractivity contribution < 1.29 is 8.83 Å². The second kappa shape index (κ2) is 16.1. The molecular weight excluding hydrogens is 950 g/mol. The van der Waals surface area contributed by atoms with Crippen molar-refractivity contribution in [3.8, 4) is 0 Å². The van der Waals surface area contributed by atoms with Crippen LogP contribution < -0.4 is 31.1 Å². The molecule has 2 aromatic heterocycles. The van der Waals surface area contributed by atoms with E-state index in [2.05, 4.69) is 269 Å². The van der Waals surface area contributed by atoms with Gasteiger partial charge in [0, 0.05) is 66.7 Å². The molecule has 6 heteroatoms. The smallest absolute Gasteiger partial charge is 0.252 e. The van der Waals surface area contributed by atoms with Crippen LogP contribution in [0.4, 0.5) is 51.2 Å². The SMILES string of the molecule is CC(C)(C)c1ccc(N2c3cc(N(c4ccc5oc6ccccc6c5c4)c4ccc5ccc6cccc7ccc4c5c67)ccc3B3c4ccc5c(oc6ccccc65)c4N(c4ccc(C(C)(C)C)cc4)c4cccc2c43)cc1. The summed E-state index contributed by atoms with van der Waals surface area (Å²) in [6.45, 7) is 13.6. The topological polar surface area (TPSA) is 36.0 Å². The average Bonchev–Trinajstić information content (AvgIpc) is 4.06. The molecule has 0 amide bonds. The van der Waals surface area contributed by atoms with Gasteiger partial charge in [0.15, 0.2) is 5.58 Å². The number of nitrogens with zero attached hydrogens (tertiary/aromatic N) is 3. The summed E-state index contributed by atoms with van der Waals surface area (Å²) in [4.78, 5) is 7.49. The summed E-state index contributed by atoms with van der Waals surface area (Å²) in [5.74, 6) is 0. The van der Waals surface area contributed by atoms with Crippen LogP contribution in [0.1, 0.15) is 52.7 Å². The van der Waals surface area contributed by atoms with Gasteiger partial charge >= 0.3 is 0 Å². The molecule has 0 saturated heterocycles. The Kier molecular flexibility index (Phi) is 9.31. The number of anilines is 9. The normalized spacial score (nSPS) is 13.4. The minimum absolute atomic E-state index is 0.00286. The van der Waals surface area contributed by atoms with Crippen LogP contribution in [-0.2, 0) is 10.8 Å². The summed E-state index contributed by atoms with van der Waals surface area (Å²) in [6, 6.07) is 81.3. The zero-order valence-corrected chi connectivity index (χ0v) is 44.5. The number of benzene rings is 12. The van der Waals surface area contributed by atoms with Crippen LogP contribution in [0.5, 0.6) is 0 Å². The van der Waals surface area contributed by atoms with Crippen LogP contribution in [-0.4, -0.2) is 6.71 Å². The molecular formula is C72H54BN3O2. The third kappa shape index (κ3) is 6.50. The highest BCUT2D eigenvalue weighted by Gasteiger charge is 2.45. The summed E-state index contributed by atoms with van der Waals surface area (Å²) in [5.41, 5.74) is 19.7. The van der Waals surface area contributed by atoms with Crippen LogP contribution in [0.3, 0.4) is 0 Å². The minimum atomic E-state index is -0.125. The molecule has 0 fully saturated rings. The molecule has 14 aromatic rings. The van der Waals surface area contributed by atoms with E-state index < -0.39 is 0 Å². The highest BCUT2D eigenvalue weighted by atomic mass is 16.3. The first-order valence-corrected chi connectivity index (χ1v) is 27.3. The van der Waals surface area contributed by atoms with Crippen molar-refractivity contribution in [3.05, 3.63) is 230 Å². The Bertz CT molecular complexity index is 4770. The van der Waals surface area contributed by atoms with E-state index in [1.165, 1.54) is 59.8 Å². The first-order valence-electron chi connectivity index (χ1n) is 27.3. The second-order valence-corrected chi connectivity index (χ2v) is 23.7. The lowest BCUT2D eigenvalue weighted by molar-refractivity contribution is 0.590. The molecule has 4 heterocycles. The summed E-state index contributed by atoms with van der Waals surface area (Å²) >= 11 is 0. The van der Waals surface area contributed by atoms with Crippen molar-refractivity contribution in [3.63, 3.8) is 0 Å². The van der Waals surface area contributed by atoms with E-state index in [0.717, 1.165) is 95.1 Å². The quantitative estimate of drug-likeness (QED) is 0.127. The number of hydrogen-bond acceptors (Lipinski definition) is 5. The molecule has 0 N–H and O–H groups in total. The molecule has 5 nitrogen and oxygen atoms in total. The number of fused-ring (bicyclic) bond motifs is 11. The van der Waals surface area contributed by atoms with E-state index in [0.29, 0.717) is 0 Å². The maximum absolute atomic E-state index is 7.07. The molecule has 0 atom stereocenters. The van der Waals surface area contributed by atoms with E-state index in [1.807, 2.05) is 6.07 Å². The molecule has 12 aromatic carbocycles. The van der Waals surface area contributed by atoms with Gasteiger partial charge in [-0.05, 0) is 150 Å². The van der Waals surface area contributed by atoms with E-state index in [4.69, 9.17) is 8.83 Å². The fourth-order valence-corrected chi connectivity index (χ4v) is 13.3. The van der Waals surface area contributed by atoms with Crippen molar-refractivity contribution >= 4 is 150 Å². The van der Waals surface area contributed by atoms with E-state index in [9.17, 15) is 0 Å². The van der Waals surface area contributed by atoms with E-state index in [1.54, 1.807) is 0 Å². The lowest BCUT2D eigenvalue weighted by atomic mass is 9.33. The summed E-state index contributed by atoms with van der Waals surface area (Å²) in [7, 11) is 0. The van der Waals surface area contributed by atoms with Gasteiger partial charge in [-0.3, -0.25) is 0 Å². The highest BCUT2D eigenvalue weighted by molar-refractivity contribution is 7.00. The standard InChI is InChI=1S/C72H54BN3O2/c1-71(2,3)46-25-29-48(30-26-46)75-60-17-12-18-61-68(60)73(58-38-36-54-52-15-7-10-20-64(52)78-70(54)69(58)76(61)49-31-27-47(28-32-49)72(4,5)6)57-37-33-51(42-62(57)75)74(50-34-40-65-56(41-50)53-16-8-9-19-63(53)77-65)59-39-24-45-22-21-43-13-11-14-44-23-35-55(59)67(45)66(43)44/h7-42H,1-6H3. The van der Waals surface area contributed by atoms with Crippen LogP contribution in [0.25, 0.3) is 76.2 Å². The molecule has 0 unspecified atom stereocenters. The summed E-state index contributed by atoms with van der Waals surface area (Å²) < 4.78 is 13.5. The summed E-state index contributed by atoms with van der Waals surface area (Å²) in [6.07, 6.45) is 0. The lowest BCUT2D eigenvalue weighted by Crippen LogP contribution is -2.61.